The fourth-order valence-electron chi connectivity index (χ4n) is 4.38. The zero-order chi connectivity index (χ0) is 22.2. The number of hydrogen-bond donors (Lipinski definition) is 0. The van der Waals surface area contributed by atoms with E-state index in [9.17, 15) is 9.59 Å². The number of ether oxygens (including phenoxy) is 3. The molecule has 0 bridgehead atoms. The van der Waals surface area contributed by atoms with Crippen molar-refractivity contribution >= 4 is 17.6 Å². The molecule has 6 nitrogen and oxygen atoms in total. The molecule has 0 fully saturated rings. The third-order valence-electron chi connectivity index (χ3n) is 5.77. The topological polar surface area (TPSA) is 65.1 Å². The van der Waals surface area contributed by atoms with E-state index < -0.39 is 12.1 Å². The van der Waals surface area contributed by atoms with Crippen molar-refractivity contribution in [2.45, 2.75) is 32.9 Å². The standard InChI is InChI=1S/C26H23NO5/c1-16-8-17(2)10-19(9-16)21-12-23(28)20-11-24-25(32-15-31-24)13-22(20)27(21)26(29)30-14-18-6-4-3-5-7-18/h3-11,13,21H,12,14-15H2,1-2H3/t21-/m1/s1. The Labute approximate surface area is 186 Å². The SMILES string of the molecule is Cc1cc(C)cc([C@H]2CC(=O)c3cc4c(cc3N2C(=O)OCc2ccccc2)OCO4)c1. The molecule has 1 amide bonds. The molecule has 2 aliphatic heterocycles. The van der Waals surface area contributed by atoms with Crippen molar-refractivity contribution < 1.29 is 23.8 Å². The minimum absolute atomic E-state index is 0.0467. The van der Waals surface area contributed by atoms with Crippen molar-refractivity contribution in [2.75, 3.05) is 11.7 Å². The lowest BCUT2D eigenvalue weighted by Gasteiger charge is -2.36. The van der Waals surface area contributed by atoms with Gasteiger partial charge in [0.1, 0.15) is 6.61 Å². The van der Waals surface area contributed by atoms with Crippen LogP contribution in [0.2, 0.25) is 0 Å². The van der Waals surface area contributed by atoms with Crippen molar-refractivity contribution in [3.05, 3.63) is 88.5 Å². The fraction of sp³-hybridized carbons (Fsp3) is 0.231. The summed E-state index contributed by atoms with van der Waals surface area (Å²) in [4.78, 5) is 28.1. The molecule has 0 saturated carbocycles. The third kappa shape index (κ3) is 3.68. The van der Waals surface area contributed by atoms with E-state index in [4.69, 9.17) is 14.2 Å². The highest BCUT2D eigenvalue weighted by molar-refractivity contribution is 6.09. The Kier molecular flexibility index (Phi) is 5.05. The molecule has 5 rings (SSSR count). The summed E-state index contributed by atoms with van der Waals surface area (Å²) in [5, 5.41) is 0. The Hall–Kier alpha value is -3.80. The van der Waals surface area contributed by atoms with Gasteiger partial charge >= 0.3 is 6.09 Å². The number of aryl methyl sites for hydroxylation is 2. The summed E-state index contributed by atoms with van der Waals surface area (Å²) in [6.07, 6.45) is -0.346. The number of hydrogen-bond acceptors (Lipinski definition) is 5. The van der Waals surface area contributed by atoms with Crippen LogP contribution in [0, 0.1) is 13.8 Å². The largest absolute Gasteiger partial charge is 0.454 e. The van der Waals surface area contributed by atoms with Crippen LogP contribution < -0.4 is 14.4 Å². The van der Waals surface area contributed by atoms with Crippen LogP contribution in [0.3, 0.4) is 0 Å². The Morgan fingerprint density at radius 1 is 1.00 bits per heavy atom. The van der Waals surface area contributed by atoms with E-state index in [0.29, 0.717) is 22.7 Å². The Morgan fingerprint density at radius 3 is 2.41 bits per heavy atom. The molecule has 0 unspecified atom stereocenters. The average Bonchev–Trinajstić information content (AvgIpc) is 3.24. The molecule has 0 spiro atoms. The van der Waals surface area contributed by atoms with E-state index in [2.05, 4.69) is 6.07 Å². The fourth-order valence-corrected chi connectivity index (χ4v) is 4.38. The van der Waals surface area contributed by atoms with Gasteiger partial charge in [-0.1, -0.05) is 59.7 Å². The number of carbonyl (C=O) groups is 2. The summed E-state index contributed by atoms with van der Waals surface area (Å²) < 4.78 is 16.7. The van der Waals surface area contributed by atoms with Crippen molar-refractivity contribution in [3.63, 3.8) is 0 Å². The molecular formula is C26H23NO5. The van der Waals surface area contributed by atoms with E-state index >= 15 is 0 Å². The van der Waals surface area contributed by atoms with E-state index in [1.54, 1.807) is 17.0 Å². The molecule has 3 aromatic carbocycles. The summed E-state index contributed by atoms with van der Waals surface area (Å²) in [7, 11) is 0. The van der Waals surface area contributed by atoms with Gasteiger partial charge in [0.15, 0.2) is 17.3 Å². The van der Waals surface area contributed by atoms with Gasteiger partial charge in [-0.15, -0.1) is 0 Å². The number of benzene rings is 3. The number of carbonyl (C=O) groups excluding carboxylic acids is 2. The highest BCUT2D eigenvalue weighted by Gasteiger charge is 2.39. The van der Waals surface area contributed by atoms with Crippen LogP contribution >= 0.6 is 0 Å². The van der Waals surface area contributed by atoms with Crippen LogP contribution in [0.25, 0.3) is 0 Å². The summed E-state index contributed by atoms with van der Waals surface area (Å²) in [5.41, 5.74) is 4.85. The zero-order valence-electron chi connectivity index (χ0n) is 18.0. The second-order valence-electron chi connectivity index (χ2n) is 8.20. The van der Waals surface area contributed by atoms with Crippen molar-refractivity contribution in [2.24, 2.45) is 0 Å². The number of amides is 1. The van der Waals surface area contributed by atoms with Crippen LogP contribution in [0.1, 0.15) is 45.1 Å². The molecule has 2 heterocycles. The summed E-state index contributed by atoms with van der Waals surface area (Å²) in [6.45, 7) is 4.24. The second kappa shape index (κ2) is 8.04. The molecule has 2 aliphatic rings. The number of anilines is 1. The van der Waals surface area contributed by atoms with E-state index in [0.717, 1.165) is 22.3 Å². The summed E-state index contributed by atoms with van der Waals surface area (Å²) in [6, 6.07) is 18.5. The molecule has 0 radical (unpaired) electrons. The summed E-state index contributed by atoms with van der Waals surface area (Å²) >= 11 is 0. The third-order valence-corrected chi connectivity index (χ3v) is 5.77. The van der Waals surface area contributed by atoms with Gasteiger partial charge in [-0.05, 0) is 31.0 Å². The van der Waals surface area contributed by atoms with Gasteiger partial charge in [-0.25, -0.2) is 4.79 Å². The number of rotatable bonds is 3. The molecule has 0 aromatic heterocycles. The van der Waals surface area contributed by atoms with E-state index in [1.807, 2.05) is 56.3 Å². The Balaban J connectivity index is 1.56. The minimum atomic E-state index is -0.509. The monoisotopic (exact) mass is 429 g/mol. The molecule has 0 aliphatic carbocycles. The highest BCUT2D eigenvalue weighted by atomic mass is 16.7. The van der Waals surface area contributed by atoms with Crippen LogP contribution in [0.5, 0.6) is 11.5 Å². The lowest BCUT2D eigenvalue weighted by Crippen LogP contribution is -2.40. The van der Waals surface area contributed by atoms with Crippen molar-refractivity contribution in [1.82, 2.24) is 0 Å². The molecule has 1 atom stereocenters. The first-order chi connectivity index (χ1) is 15.5. The minimum Gasteiger partial charge on any atom is -0.454 e. The Bertz CT molecular complexity index is 1180. The lowest BCUT2D eigenvalue weighted by molar-refractivity contribution is 0.0960. The number of fused-ring (bicyclic) bond motifs is 2. The molecule has 32 heavy (non-hydrogen) atoms. The molecular weight excluding hydrogens is 406 g/mol. The maximum atomic E-state index is 13.4. The predicted molar refractivity (Wildman–Crippen MR) is 119 cm³/mol. The maximum absolute atomic E-state index is 13.4. The summed E-state index contributed by atoms with van der Waals surface area (Å²) in [5.74, 6) is 0.979. The van der Waals surface area contributed by atoms with Gasteiger partial charge in [-0.2, -0.15) is 0 Å². The van der Waals surface area contributed by atoms with Gasteiger partial charge < -0.3 is 14.2 Å². The highest BCUT2D eigenvalue weighted by Crippen LogP contribution is 2.45. The van der Waals surface area contributed by atoms with Crippen molar-refractivity contribution in [1.29, 1.82) is 0 Å². The molecule has 3 aromatic rings. The molecule has 0 saturated heterocycles. The molecule has 0 N–H and O–H groups in total. The maximum Gasteiger partial charge on any atom is 0.415 e. The van der Waals surface area contributed by atoms with E-state index in [-0.39, 0.29) is 25.6 Å². The van der Waals surface area contributed by atoms with Crippen molar-refractivity contribution in [3.8, 4) is 11.5 Å². The average molecular weight is 429 g/mol. The molecule has 162 valence electrons. The number of Topliss-reactive ketones (excluding diaryl/α,β-unsaturated/α-hetero) is 1. The quantitative estimate of drug-likeness (QED) is 0.550. The zero-order valence-corrected chi connectivity index (χ0v) is 18.0. The lowest BCUT2D eigenvalue weighted by atomic mass is 9.89. The van der Waals surface area contributed by atoms with Gasteiger partial charge in [0.05, 0.1) is 11.7 Å². The van der Waals surface area contributed by atoms with Gasteiger partial charge in [0.2, 0.25) is 6.79 Å². The smallest absolute Gasteiger partial charge is 0.415 e. The second-order valence-corrected chi connectivity index (χ2v) is 8.20. The molecule has 6 heteroatoms. The number of ketones is 1. The van der Waals surface area contributed by atoms with Gasteiger partial charge in [-0.3, -0.25) is 9.69 Å². The first kappa shape index (κ1) is 20.1. The van der Waals surface area contributed by atoms with Crippen LogP contribution in [0.4, 0.5) is 10.5 Å². The van der Waals surface area contributed by atoms with Crippen LogP contribution in [-0.2, 0) is 11.3 Å². The van der Waals surface area contributed by atoms with Gasteiger partial charge in [0.25, 0.3) is 0 Å². The van der Waals surface area contributed by atoms with E-state index in [1.165, 1.54) is 0 Å². The van der Waals surface area contributed by atoms with Crippen LogP contribution in [0.15, 0.2) is 60.7 Å². The first-order valence-corrected chi connectivity index (χ1v) is 10.5. The normalized spacial score (nSPS) is 16.6. The Morgan fingerprint density at radius 2 is 1.69 bits per heavy atom. The van der Waals surface area contributed by atoms with Crippen LogP contribution in [-0.4, -0.2) is 18.7 Å². The first-order valence-electron chi connectivity index (χ1n) is 10.5. The number of nitrogens with zero attached hydrogens (tertiary/aromatic N) is 1. The predicted octanol–water partition coefficient (Wildman–Crippen LogP) is 5.50. The van der Waals surface area contributed by atoms with Gasteiger partial charge in [0, 0.05) is 18.1 Å².